The molecule has 0 aromatic rings. The molecule has 0 N–H and O–H groups in total. The minimum Gasteiger partial charge on any atom is -0.461 e. The fraction of sp³-hybridized carbons (Fsp3) is 0.914. The van der Waals surface area contributed by atoms with Crippen molar-refractivity contribution < 1.29 is 63.4 Å². The number of alkyl halides is 9. The van der Waals surface area contributed by atoms with Crippen LogP contribution in [-0.2, 0) is 23.9 Å². The highest BCUT2D eigenvalue weighted by atomic mass is 19.4. The van der Waals surface area contributed by atoms with E-state index in [9.17, 15) is 53.9 Å². The highest BCUT2D eigenvalue weighted by molar-refractivity contribution is 5.83. The van der Waals surface area contributed by atoms with Crippen LogP contribution in [0.25, 0.3) is 0 Å². The molecule has 0 aromatic heterocycles. The van der Waals surface area contributed by atoms with Gasteiger partial charge in [0, 0.05) is 12.1 Å². The largest absolute Gasteiger partial charge is 0.461 e. The molecule has 0 radical (unpaired) electrons. The Hall–Kier alpha value is -2.22. The zero-order valence-electron chi connectivity index (χ0n) is 32.9. The summed E-state index contributed by atoms with van der Waals surface area (Å²) in [5.74, 6) is -3.25. The van der Waals surface area contributed by atoms with Gasteiger partial charge in [0.1, 0.15) is 17.1 Å². The number of halogens is 9. The lowest BCUT2D eigenvalue weighted by Gasteiger charge is -2.39. The summed E-state index contributed by atoms with van der Waals surface area (Å²) >= 11 is 0. The van der Waals surface area contributed by atoms with Crippen LogP contribution in [0, 0.1) is 28.1 Å². The fourth-order valence-electron chi connectivity index (χ4n) is 4.43. The van der Waals surface area contributed by atoms with E-state index >= 15 is 0 Å². The van der Waals surface area contributed by atoms with Crippen molar-refractivity contribution in [3.05, 3.63) is 0 Å². The molecule has 0 rings (SSSR count). The van der Waals surface area contributed by atoms with Crippen molar-refractivity contribution in [3.8, 4) is 0 Å². The maximum absolute atomic E-state index is 13.0. The van der Waals surface area contributed by atoms with Gasteiger partial charge in [-0.05, 0) is 100 Å². The number of carbonyl (C=O) groups excluding carboxylic acids is 3. The van der Waals surface area contributed by atoms with Crippen LogP contribution in [0.5, 0.6) is 0 Å². The first-order chi connectivity index (χ1) is 21.9. The summed E-state index contributed by atoms with van der Waals surface area (Å²) in [6.45, 7) is 25.6. The molecular formula is C35H62F9NO5. The summed E-state index contributed by atoms with van der Waals surface area (Å²) in [6.07, 6.45) is -15.1. The van der Waals surface area contributed by atoms with Crippen LogP contribution in [0.4, 0.5) is 39.5 Å². The third-order valence-corrected chi connectivity index (χ3v) is 8.67. The van der Waals surface area contributed by atoms with E-state index in [4.69, 9.17) is 9.47 Å². The summed E-state index contributed by atoms with van der Waals surface area (Å²) in [5, 5.41) is 0. The van der Waals surface area contributed by atoms with Crippen LogP contribution in [0.15, 0.2) is 0 Å². The van der Waals surface area contributed by atoms with Crippen molar-refractivity contribution in [1.82, 2.24) is 4.90 Å². The van der Waals surface area contributed by atoms with Crippen LogP contribution < -0.4 is 0 Å². The van der Waals surface area contributed by atoms with Gasteiger partial charge in [0.05, 0.1) is 0 Å². The van der Waals surface area contributed by atoms with E-state index < -0.39 is 64.3 Å². The van der Waals surface area contributed by atoms with Gasteiger partial charge < -0.3 is 14.4 Å². The summed E-state index contributed by atoms with van der Waals surface area (Å²) in [7, 11) is 0. The number of carbonyl (C=O) groups is 3. The van der Waals surface area contributed by atoms with Crippen molar-refractivity contribution in [2.24, 2.45) is 28.1 Å². The highest BCUT2D eigenvalue weighted by Crippen LogP contribution is 2.44. The van der Waals surface area contributed by atoms with Crippen molar-refractivity contribution >= 4 is 17.8 Å². The zero-order valence-corrected chi connectivity index (χ0v) is 32.9. The molecule has 0 aliphatic rings. The molecule has 6 nitrogen and oxygen atoms in total. The molecule has 0 heterocycles. The Morgan fingerprint density at radius 1 is 0.520 bits per heavy atom. The monoisotopic (exact) mass is 747 g/mol. The Morgan fingerprint density at radius 2 is 0.800 bits per heavy atom. The van der Waals surface area contributed by atoms with Crippen LogP contribution >= 0.6 is 0 Å². The lowest BCUT2D eigenvalue weighted by Crippen LogP contribution is -2.54. The molecule has 3 atom stereocenters. The smallest absolute Gasteiger partial charge is 0.404 e. The van der Waals surface area contributed by atoms with Gasteiger partial charge in [0.15, 0.2) is 10.8 Å². The number of hydrogen-bond acceptors (Lipinski definition) is 5. The number of ether oxygens (including phenoxy) is 2. The van der Waals surface area contributed by atoms with Crippen LogP contribution in [0.2, 0.25) is 0 Å². The topological polar surface area (TPSA) is 72.9 Å². The molecule has 0 saturated heterocycles. The van der Waals surface area contributed by atoms with Crippen LogP contribution in [-0.4, -0.2) is 65.1 Å². The normalized spacial score (nSPS) is 16.5. The predicted octanol–water partition coefficient (Wildman–Crippen LogP) is 11.1. The maximum Gasteiger partial charge on any atom is 0.404 e. The number of rotatable bonds is 11. The van der Waals surface area contributed by atoms with Gasteiger partial charge in [-0.2, -0.15) is 39.5 Å². The van der Waals surface area contributed by atoms with Crippen molar-refractivity contribution in [2.75, 3.05) is 0 Å². The van der Waals surface area contributed by atoms with E-state index in [0.717, 1.165) is 20.8 Å². The van der Waals surface area contributed by atoms with Gasteiger partial charge in [-0.1, -0.05) is 48.5 Å². The highest BCUT2D eigenvalue weighted by Gasteiger charge is 2.59. The molecule has 50 heavy (non-hydrogen) atoms. The molecule has 15 heteroatoms. The second kappa shape index (κ2) is 19.0. The Balaban J connectivity index is -0.000000666. The standard InChI is InChI=1S/C13H23F3O2.C12H22F3NO.C10H17F3O2/c1-7-12(6,13(14,15)16)11(17)18-10(8(2)3)9(4)5;1-7-11(6,12(13,14)15)10(17)16(8(2)3)9(4)5;1-6-9(5,10(11,12)13)7(14)15-8(2,3)4/h8-10H,7H2,1-6H3;8-9H,7H2,1-6H3;6H2,1-5H3. The molecule has 0 spiro atoms. The van der Waals surface area contributed by atoms with E-state index in [-0.39, 0.29) is 43.2 Å². The molecule has 3 unspecified atom stereocenters. The summed E-state index contributed by atoms with van der Waals surface area (Å²) < 4.78 is 125. The third-order valence-electron chi connectivity index (χ3n) is 8.67. The van der Waals surface area contributed by atoms with Gasteiger partial charge in [0.2, 0.25) is 5.91 Å². The first-order valence-electron chi connectivity index (χ1n) is 16.9. The van der Waals surface area contributed by atoms with Crippen molar-refractivity contribution in [1.29, 1.82) is 0 Å². The van der Waals surface area contributed by atoms with Gasteiger partial charge in [-0.3, -0.25) is 14.4 Å². The number of esters is 2. The first-order valence-corrected chi connectivity index (χ1v) is 16.9. The molecule has 0 fully saturated rings. The van der Waals surface area contributed by atoms with Gasteiger partial charge in [0.25, 0.3) is 0 Å². The maximum atomic E-state index is 13.0. The predicted molar refractivity (Wildman–Crippen MR) is 176 cm³/mol. The minimum absolute atomic E-state index is 0.0108. The van der Waals surface area contributed by atoms with E-state index in [2.05, 4.69) is 0 Å². The molecule has 1 amide bonds. The Labute approximate surface area is 293 Å². The molecule has 0 aromatic carbocycles. The zero-order chi connectivity index (χ0) is 41.2. The molecule has 0 saturated carbocycles. The van der Waals surface area contributed by atoms with Crippen LogP contribution in [0.3, 0.4) is 0 Å². The SMILES string of the molecule is CCC(C)(C(=O)N(C(C)C)C(C)C)C(F)(F)F.CCC(C)(C(=O)OC(C(C)C)C(C)C)C(F)(F)F.CCC(C)(C(=O)OC(C)(C)C)C(F)(F)F. The second-order valence-electron chi connectivity index (χ2n) is 15.3. The summed E-state index contributed by atoms with van der Waals surface area (Å²) in [6, 6.07) is -0.480. The second-order valence-corrected chi connectivity index (χ2v) is 15.3. The summed E-state index contributed by atoms with van der Waals surface area (Å²) in [5.41, 5.74) is -8.03. The van der Waals surface area contributed by atoms with E-state index in [1.807, 2.05) is 27.7 Å². The van der Waals surface area contributed by atoms with Crippen molar-refractivity contribution in [2.45, 2.75) is 179 Å². The number of nitrogens with zero attached hydrogens (tertiary/aromatic N) is 1. The lowest BCUT2D eigenvalue weighted by molar-refractivity contribution is -0.237. The van der Waals surface area contributed by atoms with Gasteiger partial charge in [-0.25, -0.2) is 0 Å². The Bertz CT molecular complexity index is 1050. The molecule has 0 aliphatic carbocycles. The quantitative estimate of drug-likeness (QED) is 0.155. The molecule has 0 aliphatic heterocycles. The van der Waals surface area contributed by atoms with Gasteiger partial charge >= 0.3 is 30.5 Å². The molecular weight excluding hydrogens is 685 g/mol. The van der Waals surface area contributed by atoms with E-state index in [0.29, 0.717) is 0 Å². The minimum atomic E-state index is -4.59. The van der Waals surface area contributed by atoms with Gasteiger partial charge in [-0.15, -0.1) is 0 Å². The number of hydrogen-bond donors (Lipinski definition) is 0. The summed E-state index contributed by atoms with van der Waals surface area (Å²) in [4.78, 5) is 36.7. The van der Waals surface area contributed by atoms with Crippen LogP contribution in [0.1, 0.15) is 137 Å². The first kappa shape index (κ1) is 52.1. The Morgan fingerprint density at radius 3 is 1.00 bits per heavy atom. The third kappa shape index (κ3) is 14.1. The average Bonchev–Trinajstić information content (AvgIpc) is 2.91. The number of amides is 1. The molecule has 300 valence electrons. The average molecular weight is 748 g/mol. The molecule has 0 bridgehead atoms. The Kier molecular flexibility index (Phi) is 19.8. The van der Waals surface area contributed by atoms with E-state index in [1.165, 1.54) is 46.4 Å². The fourth-order valence-corrected chi connectivity index (χ4v) is 4.43. The van der Waals surface area contributed by atoms with E-state index in [1.54, 1.807) is 27.7 Å². The lowest BCUT2D eigenvalue weighted by atomic mass is 9.84. The van der Waals surface area contributed by atoms with Crippen molar-refractivity contribution in [3.63, 3.8) is 0 Å².